The number of hydrogen-bond donors (Lipinski definition) is 0. The molecule has 0 N–H and O–H groups in total. The van der Waals surface area contributed by atoms with Crippen molar-refractivity contribution < 1.29 is 4.79 Å². The first-order valence-electron chi connectivity index (χ1n) is 7.11. The van der Waals surface area contributed by atoms with Gasteiger partial charge in [-0.2, -0.15) is 4.98 Å². The number of carbonyl (C=O) groups excluding carboxylic acids is 1. The van der Waals surface area contributed by atoms with Crippen molar-refractivity contribution in [1.29, 1.82) is 0 Å². The molecule has 0 radical (unpaired) electrons. The van der Waals surface area contributed by atoms with E-state index in [1.54, 1.807) is 28.8 Å². The SMILES string of the molecule is Cc1cc(C)n2nc(S[C@H](C)C(=O)c3cccc(Cl)c3)nc2n1. The zero-order chi connectivity index (χ0) is 16.6. The maximum absolute atomic E-state index is 12.5. The van der Waals surface area contributed by atoms with Gasteiger partial charge >= 0.3 is 0 Å². The van der Waals surface area contributed by atoms with Gasteiger partial charge in [0.15, 0.2) is 5.78 Å². The number of ketones is 1. The van der Waals surface area contributed by atoms with Gasteiger partial charge in [-0.3, -0.25) is 4.79 Å². The van der Waals surface area contributed by atoms with E-state index >= 15 is 0 Å². The molecule has 23 heavy (non-hydrogen) atoms. The van der Waals surface area contributed by atoms with E-state index in [1.165, 1.54) is 11.8 Å². The van der Waals surface area contributed by atoms with Gasteiger partial charge in [-0.05, 0) is 39.0 Å². The summed E-state index contributed by atoms with van der Waals surface area (Å²) in [5.41, 5.74) is 2.44. The van der Waals surface area contributed by atoms with Gasteiger partial charge in [0.2, 0.25) is 5.16 Å². The molecule has 0 saturated carbocycles. The van der Waals surface area contributed by atoms with Gasteiger partial charge in [0.25, 0.3) is 5.78 Å². The number of fused-ring (bicyclic) bond motifs is 1. The lowest BCUT2D eigenvalue weighted by molar-refractivity contribution is 0.0994. The van der Waals surface area contributed by atoms with Gasteiger partial charge in [0.05, 0.1) is 5.25 Å². The Hall–Kier alpha value is -1.92. The molecule has 3 aromatic rings. The van der Waals surface area contributed by atoms with Crippen LogP contribution in [0.3, 0.4) is 0 Å². The quantitative estimate of drug-likeness (QED) is 0.531. The highest BCUT2D eigenvalue weighted by Crippen LogP contribution is 2.24. The Bertz CT molecular complexity index is 893. The molecule has 1 atom stereocenters. The maximum atomic E-state index is 12.5. The molecule has 7 heteroatoms. The van der Waals surface area contributed by atoms with Crippen LogP contribution < -0.4 is 0 Å². The van der Waals surface area contributed by atoms with Crippen LogP contribution in [-0.4, -0.2) is 30.6 Å². The van der Waals surface area contributed by atoms with E-state index in [4.69, 9.17) is 11.6 Å². The van der Waals surface area contributed by atoms with Crippen molar-refractivity contribution >= 4 is 34.9 Å². The molecule has 2 aromatic heterocycles. The Kier molecular flexibility index (Phi) is 4.37. The molecule has 0 unspecified atom stereocenters. The van der Waals surface area contributed by atoms with E-state index in [0.717, 1.165) is 11.4 Å². The second-order valence-electron chi connectivity index (χ2n) is 5.28. The molecule has 0 spiro atoms. The van der Waals surface area contributed by atoms with Crippen LogP contribution in [0.1, 0.15) is 28.7 Å². The Morgan fingerprint density at radius 2 is 2.04 bits per heavy atom. The monoisotopic (exact) mass is 346 g/mol. The molecule has 1 aromatic carbocycles. The average molecular weight is 347 g/mol. The van der Waals surface area contributed by atoms with E-state index < -0.39 is 0 Å². The number of hydrogen-bond acceptors (Lipinski definition) is 5. The van der Waals surface area contributed by atoms with Crippen LogP contribution in [0.15, 0.2) is 35.5 Å². The van der Waals surface area contributed by atoms with Crippen LogP contribution in [0, 0.1) is 13.8 Å². The third-order valence-corrected chi connectivity index (χ3v) is 4.55. The number of halogens is 1. The number of nitrogens with zero attached hydrogens (tertiary/aromatic N) is 4. The van der Waals surface area contributed by atoms with Crippen molar-refractivity contribution in [3.63, 3.8) is 0 Å². The summed E-state index contributed by atoms with van der Waals surface area (Å²) in [6, 6.07) is 8.89. The minimum absolute atomic E-state index is 0.00258. The predicted octanol–water partition coefficient (Wildman–Crippen LogP) is 3.76. The van der Waals surface area contributed by atoms with Gasteiger partial charge < -0.3 is 0 Å². The van der Waals surface area contributed by atoms with Crippen molar-refractivity contribution in [1.82, 2.24) is 19.6 Å². The fraction of sp³-hybridized carbons (Fsp3) is 0.250. The van der Waals surface area contributed by atoms with Crippen LogP contribution >= 0.6 is 23.4 Å². The molecule has 0 saturated heterocycles. The highest BCUT2D eigenvalue weighted by atomic mass is 35.5. The summed E-state index contributed by atoms with van der Waals surface area (Å²) < 4.78 is 1.69. The Labute approximate surface area is 143 Å². The summed E-state index contributed by atoms with van der Waals surface area (Å²) in [7, 11) is 0. The van der Waals surface area contributed by atoms with Crippen LogP contribution in [0.2, 0.25) is 5.02 Å². The minimum Gasteiger partial charge on any atom is -0.293 e. The van der Waals surface area contributed by atoms with Crippen LogP contribution in [-0.2, 0) is 0 Å². The normalized spacial score (nSPS) is 12.5. The van der Waals surface area contributed by atoms with Crippen molar-refractivity contribution in [3.8, 4) is 0 Å². The number of aryl methyl sites for hydroxylation is 2. The molecule has 3 rings (SSSR count). The van der Waals surface area contributed by atoms with Crippen LogP contribution in [0.5, 0.6) is 0 Å². The standard InChI is InChI=1S/C16H15ClN4OS/c1-9-7-10(2)21-15(18-9)19-16(20-21)23-11(3)14(22)12-5-4-6-13(17)8-12/h4-8,11H,1-3H3/t11-/m1/s1. The van der Waals surface area contributed by atoms with E-state index in [0.29, 0.717) is 21.5 Å². The molecule has 0 fully saturated rings. The summed E-state index contributed by atoms with van der Waals surface area (Å²) >= 11 is 7.26. The first-order valence-corrected chi connectivity index (χ1v) is 8.37. The summed E-state index contributed by atoms with van der Waals surface area (Å²) in [6.45, 7) is 5.70. The zero-order valence-electron chi connectivity index (χ0n) is 12.9. The van der Waals surface area contributed by atoms with E-state index in [9.17, 15) is 4.79 Å². The third-order valence-electron chi connectivity index (χ3n) is 3.36. The molecular weight excluding hydrogens is 332 g/mol. The highest BCUT2D eigenvalue weighted by Gasteiger charge is 2.19. The molecule has 0 amide bonds. The Balaban J connectivity index is 1.84. The maximum Gasteiger partial charge on any atom is 0.253 e. The van der Waals surface area contributed by atoms with E-state index in [1.807, 2.05) is 26.8 Å². The molecule has 118 valence electrons. The fourth-order valence-corrected chi connectivity index (χ4v) is 3.30. The number of Topliss-reactive ketones (excluding diaryl/α,β-unsaturated/α-hetero) is 1. The Morgan fingerprint density at radius 1 is 1.26 bits per heavy atom. The van der Waals surface area contributed by atoms with Gasteiger partial charge in [-0.15, -0.1) is 5.10 Å². The first-order chi connectivity index (χ1) is 10.9. The van der Waals surface area contributed by atoms with E-state index in [-0.39, 0.29) is 11.0 Å². The topological polar surface area (TPSA) is 60.2 Å². The van der Waals surface area contributed by atoms with Crippen molar-refractivity contribution in [2.45, 2.75) is 31.2 Å². The number of thioether (sulfide) groups is 1. The minimum atomic E-state index is -0.313. The molecule has 0 aliphatic carbocycles. The second kappa shape index (κ2) is 6.29. The Morgan fingerprint density at radius 3 is 2.78 bits per heavy atom. The number of aromatic nitrogens is 4. The molecule has 0 aliphatic heterocycles. The fourth-order valence-electron chi connectivity index (χ4n) is 2.29. The predicted molar refractivity (Wildman–Crippen MR) is 91.4 cm³/mol. The van der Waals surface area contributed by atoms with E-state index in [2.05, 4.69) is 15.1 Å². The average Bonchev–Trinajstić information content (AvgIpc) is 2.89. The summed E-state index contributed by atoms with van der Waals surface area (Å²) in [4.78, 5) is 21.2. The molecule has 2 heterocycles. The number of carbonyl (C=O) groups is 1. The lowest BCUT2D eigenvalue weighted by atomic mass is 10.1. The third kappa shape index (κ3) is 3.38. The van der Waals surface area contributed by atoms with Crippen LogP contribution in [0.25, 0.3) is 5.78 Å². The largest absolute Gasteiger partial charge is 0.293 e. The van der Waals surface area contributed by atoms with Gasteiger partial charge in [0, 0.05) is 22.0 Å². The molecule has 0 aliphatic rings. The van der Waals surface area contributed by atoms with Crippen molar-refractivity contribution in [2.75, 3.05) is 0 Å². The lowest BCUT2D eigenvalue weighted by Crippen LogP contribution is -2.13. The lowest BCUT2D eigenvalue weighted by Gasteiger charge is -2.07. The highest BCUT2D eigenvalue weighted by molar-refractivity contribution is 8.00. The van der Waals surface area contributed by atoms with Crippen molar-refractivity contribution in [3.05, 3.63) is 52.3 Å². The summed E-state index contributed by atoms with van der Waals surface area (Å²) in [6.07, 6.45) is 0. The number of benzene rings is 1. The first kappa shape index (κ1) is 16.0. The second-order valence-corrected chi connectivity index (χ2v) is 7.02. The summed E-state index contributed by atoms with van der Waals surface area (Å²) in [5, 5.41) is 5.19. The van der Waals surface area contributed by atoms with Gasteiger partial charge in [-0.25, -0.2) is 9.50 Å². The number of rotatable bonds is 4. The van der Waals surface area contributed by atoms with Gasteiger partial charge in [-0.1, -0.05) is 35.5 Å². The molecule has 0 bridgehead atoms. The van der Waals surface area contributed by atoms with Crippen molar-refractivity contribution in [2.24, 2.45) is 0 Å². The van der Waals surface area contributed by atoms with Gasteiger partial charge in [0.1, 0.15) is 0 Å². The molecular formula is C16H15ClN4OS. The van der Waals surface area contributed by atoms with Crippen LogP contribution in [0.4, 0.5) is 0 Å². The molecule has 5 nitrogen and oxygen atoms in total. The zero-order valence-corrected chi connectivity index (χ0v) is 14.5. The smallest absolute Gasteiger partial charge is 0.253 e. The summed E-state index contributed by atoms with van der Waals surface area (Å²) in [5.74, 6) is 0.546.